The number of anilines is 2. The van der Waals surface area contributed by atoms with Crippen molar-refractivity contribution < 1.29 is 74.7 Å². The largest absolute Gasteiger partial charge is 0.472 e. The Morgan fingerprint density at radius 3 is 2.35 bits per heavy atom. The number of amides is 7. The highest BCUT2D eigenvalue weighted by Gasteiger charge is 2.53. The summed E-state index contributed by atoms with van der Waals surface area (Å²) in [5.74, 6) is -2.99. The molecule has 7 amide bonds. The zero-order valence-corrected chi connectivity index (χ0v) is 46.1. The van der Waals surface area contributed by atoms with Crippen LogP contribution in [0.1, 0.15) is 76.8 Å². The Kier molecular flexibility index (Phi) is 19.7. The molecule has 4 unspecified atom stereocenters. The lowest BCUT2D eigenvalue weighted by atomic mass is 10.0. The minimum Gasteiger partial charge on any atom is -0.382 e. The smallest absolute Gasteiger partial charge is 0.382 e. The van der Waals surface area contributed by atoms with Crippen LogP contribution in [0, 0.1) is 5.92 Å². The first-order valence-electron chi connectivity index (χ1n) is 25.6. The van der Waals surface area contributed by atoms with Crippen LogP contribution in [-0.4, -0.2) is 143 Å². The highest BCUT2D eigenvalue weighted by Crippen LogP contribution is 2.65. The van der Waals surface area contributed by atoms with Gasteiger partial charge >= 0.3 is 26.3 Å². The summed E-state index contributed by atoms with van der Waals surface area (Å²) >= 11 is 0.613. The van der Waals surface area contributed by atoms with Crippen molar-refractivity contribution in [3.05, 3.63) is 87.7 Å². The summed E-state index contributed by atoms with van der Waals surface area (Å²) in [6.07, 6.45) is -3.64. The van der Waals surface area contributed by atoms with Gasteiger partial charge in [0.05, 0.1) is 19.5 Å². The number of phosphoric ester groups is 1. The van der Waals surface area contributed by atoms with Crippen LogP contribution in [0.2, 0.25) is 0 Å². The standard InChI is InChI=1S/C47H60FN13O17P2S/c1-25(2)38(57-32(62)8-4-3-5-17-59-34(64)13-14-35(59)65)44(67)56-28(7-6-16-51-46(50)68)43(66)55-27-11-9-26(10-12-27)22-81-80(72)74-20-30-29(19-36(75-30)61-24-54-39-41(49)52-23-53-42(39)61)77-79(70,71)73-21-31-40(78-80)37(48)45(76-31)60-18-15-33(63)58-47(60)69/h9-15,18,23-25,28-31,36-38,40,45H,3-8,16-17,19-22H2,1-2H3,(H,55,66)(H,56,67)(H,57,62)(H,70,71)(H2,49,52,53)(H3,50,51,68)(H,58,63,69)/t28?,29-,30+,31+,36+,37+,38?,40+,45+,80?/m0/s1. The van der Waals surface area contributed by atoms with E-state index in [4.69, 9.17) is 39.0 Å². The van der Waals surface area contributed by atoms with Gasteiger partial charge in [-0.25, -0.2) is 38.1 Å². The Morgan fingerprint density at radius 2 is 1.63 bits per heavy atom. The maximum absolute atomic E-state index is 16.7. The number of alkyl halides is 1. The lowest BCUT2D eigenvalue weighted by molar-refractivity contribution is -0.137. The van der Waals surface area contributed by atoms with Crippen molar-refractivity contribution in [1.29, 1.82) is 0 Å². The molecule has 11 atom stereocenters. The van der Waals surface area contributed by atoms with Crippen molar-refractivity contribution in [2.24, 2.45) is 11.7 Å². The normalized spacial score (nSPS) is 26.5. The number of carbonyl (C=O) groups is 6. The maximum Gasteiger partial charge on any atom is 0.472 e. The van der Waals surface area contributed by atoms with Gasteiger partial charge in [-0.1, -0.05) is 32.4 Å². The summed E-state index contributed by atoms with van der Waals surface area (Å²) in [4.78, 5) is 127. The van der Waals surface area contributed by atoms with Gasteiger partial charge in [0.25, 0.3) is 17.4 Å². The third kappa shape index (κ3) is 15.4. The first-order valence-corrected chi connectivity index (χ1v) is 30.2. The maximum atomic E-state index is 16.7. The molecule has 4 aliphatic heterocycles. The Labute approximate surface area is 463 Å². The number of nitrogens with zero attached hydrogens (tertiary/aromatic N) is 6. The predicted molar refractivity (Wildman–Crippen MR) is 284 cm³/mol. The van der Waals surface area contributed by atoms with Crippen LogP contribution in [0.5, 0.6) is 0 Å². The summed E-state index contributed by atoms with van der Waals surface area (Å²) in [6.45, 7) is -2.44. The van der Waals surface area contributed by atoms with E-state index in [9.17, 15) is 47.8 Å². The highest BCUT2D eigenvalue weighted by molar-refractivity contribution is 8.54. The highest BCUT2D eigenvalue weighted by atomic mass is 32.7. The average Bonchev–Trinajstić information content (AvgIpc) is 4.30. The molecule has 0 bridgehead atoms. The predicted octanol–water partition coefficient (Wildman–Crippen LogP) is 1.94. The van der Waals surface area contributed by atoms with Crippen molar-refractivity contribution in [2.75, 3.05) is 37.4 Å². The molecule has 0 spiro atoms. The minimum absolute atomic E-state index is 0.0303. The van der Waals surface area contributed by atoms with Crippen LogP contribution < -0.4 is 44.0 Å². The Hall–Kier alpha value is -6.73. The van der Waals surface area contributed by atoms with Gasteiger partial charge in [0.15, 0.2) is 23.9 Å². The number of hydrogen-bond donors (Lipinski definition) is 8. The molecule has 3 aromatic heterocycles. The van der Waals surface area contributed by atoms with E-state index in [-0.39, 0.29) is 67.2 Å². The third-order valence-electron chi connectivity index (χ3n) is 13.3. The van der Waals surface area contributed by atoms with Gasteiger partial charge in [0, 0.05) is 61.8 Å². The number of carbonyl (C=O) groups excluding carboxylic acids is 6. The Balaban J connectivity index is 0.945. The Morgan fingerprint density at radius 1 is 0.889 bits per heavy atom. The first kappa shape index (κ1) is 60.4. The molecule has 4 aromatic rings. The number of imide groups is 1. The number of nitrogens with two attached hydrogens (primary N) is 2. The molecule has 1 aromatic carbocycles. The molecule has 7 heterocycles. The number of aromatic amines is 1. The van der Waals surface area contributed by atoms with Crippen molar-refractivity contribution in [2.45, 2.75) is 120 Å². The van der Waals surface area contributed by atoms with E-state index in [1.54, 1.807) is 26.0 Å². The van der Waals surface area contributed by atoms with Gasteiger partial charge in [-0.2, -0.15) is 0 Å². The summed E-state index contributed by atoms with van der Waals surface area (Å²) in [6, 6.07) is 4.07. The number of halogens is 1. The van der Waals surface area contributed by atoms with E-state index in [0.29, 0.717) is 40.8 Å². The molecule has 30 nitrogen and oxygen atoms in total. The molecule has 438 valence electrons. The molecule has 8 rings (SSSR count). The van der Waals surface area contributed by atoms with E-state index < -0.39 is 136 Å². The minimum atomic E-state index is -5.03. The summed E-state index contributed by atoms with van der Waals surface area (Å²) in [5.41, 5.74) is 10.6. The van der Waals surface area contributed by atoms with Crippen LogP contribution in [0.25, 0.3) is 11.2 Å². The SMILES string of the molecule is CC(C)C(NC(=O)CCCCCN1C(=O)C=CC1=O)C(=O)NC(CCCNC(N)=O)C(=O)Nc1ccc(CSP2(=O)OC[C@H]3O[C@@H](n4cnc5c(N)ncnc54)C[C@@H]3OP(=O)(O)OC[C@H]3O[C@@H](n4ccc(=O)[nH]c4=O)[C@H](F)[C@@H]3O2)cc1. The van der Waals surface area contributed by atoms with Crippen LogP contribution in [0.4, 0.5) is 20.7 Å². The first-order chi connectivity index (χ1) is 38.6. The van der Waals surface area contributed by atoms with E-state index in [2.05, 4.69) is 36.2 Å². The lowest BCUT2D eigenvalue weighted by Crippen LogP contribution is -2.54. The number of H-pyrrole nitrogens is 1. The average molecular weight is 1190 g/mol. The number of fused-ring (bicyclic) bond motifs is 3. The number of hydrogen-bond acceptors (Lipinski definition) is 21. The molecule has 3 saturated heterocycles. The number of benzene rings is 1. The second-order valence-electron chi connectivity index (χ2n) is 19.4. The Bertz CT molecular complexity index is 3220. The van der Waals surface area contributed by atoms with Crippen molar-refractivity contribution in [1.82, 2.24) is 49.9 Å². The number of imidazole rings is 1. The van der Waals surface area contributed by atoms with Gasteiger partial charge in [0.1, 0.15) is 54.6 Å². The molecule has 81 heavy (non-hydrogen) atoms. The van der Waals surface area contributed by atoms with Crippen LogP contribution >= 0.6 is 26.0 Å². The van der Waals surface area contributed by atoms with Crippen molar-refractivity contribution in [3.8, 4) is 0 Å². The molecule has 34 heteroatoms. The number of unbranched alkanes of at least 4 members (excludes halogenated alkanes) is 2. The summed E-state index contributed by atoms with van der Waals surface area (Å²) in [7, 11) is -5.03. The molecule has 0 radical (unpaired) electrons. The number of phosphoric acid groups is 1. The van der Waals surface area contributed by atoms with Gasteiger partial charge < -0.3 is 47.1 Å². The number of nitrogens with one attached hydrogen (secondary N) is 5. The van der Waals surface area contributed by atoms with E-state index in [0.717, 1.165) is 17.2 Å². The number of aromatic nitrogens is 6. The van der Waals surface area contributed by atoms with E-state index in [1.807, 2.05) is 4.98 Å². The number of rotatable bonds is 21. The van der Waals surface area contributed by atoms with Gasteiger partial charge in [0.2, 0.25) is 17.7 Å². The van der Waals surface area contributed by atoms with Crippen molar-refractivity contribution >= 4 is 84.2 Å². The van der Waals surface area contributed by atoms with Gasteiger partial charge in [-0.15, -0.1) is 0 Å². The topological polar surface area (TPSA) is 414 Å². The molecule has 3 fully saturated rings. The van der Waals surface area contributed by atoms with E-state index >= 15 is 8.96 Å². The second-order valence-corrected chi connectivity index (χ2v) is 24.8. The summed E-state index contributed by atoms with van der Waals surface area (Å²) in [5, 5.41) is 10.6. The molecular weight excluding hydrogens is 1130 g/mol. The zero-order valence-electron chi connectivity index (χ0n) is 43.5. The molecular formula is C47H60FN13O17P2S. The van der Waals surface area contributed by atoms with E-state index in [1.165, 1.54) is 41.5 Å². The fraction of sp³-hybridized carbons (Fsp3) is 0.511. The second kappa shape index (κ2) is 26.5. The fourth-order valence-corrected chi connectivity index (χ4v) is 13.4. The summed E-state index contributed by atoms with van der Waals surface area (Å²) < 4.78 is 82.3. The lowest BCUT2D eigenvalue weighted by Gasteiger charge is -2.29. The third-order valence-corrected chi connectivity index (χ3v) is 17.9. The zero-order chi connectivity index (χ0) is 58.2. The number of nitrogen functional groups attached to an aromatic ring is 1. The molecule has 0 saturated carbocycles. The molecule has 10 N–H and O–H groups in total. The van der Waals surface area contributed by atoms with Crippen LogP contribution in [0.3, 0.4) is 0 Å². The number of primary amides is 1. The van der Waals surface area contributed by atoms with Gasteiger partial charge in [-0.3, -0.25) is 65.9 Å². The molecule has 0 aliphatic carbocycles. The fourth-order valence-electron chi connectivity index (χ4n) is 9.08. The number of ether oxygens (including phenoxy) is 2. The quantitative estimate of drug-likeness (QED) is 0.0336. The monoisotopic (exact) mass is 1190 g/mol. The number of urea groups is 1. The van der Waals surface area contributed by atoms with Crippen LogP contribution in [-0.2, 0) is 66.4 Å². The van der Waals surface area contributed by atoms with Crippen molar-refractivity contribution in [3.63, 3.8) is 0 Å². The molecule has 4 aliphatic rings. The van der Waals surface area contributed by atoms with Gasteiger partial charge in [-0.05, 0) is 60.7 Å². The van der Waals surface area contributed by atoms with Crippen LogP contribution in [0.15, 0.2) is 70.9 Å².